The van der Waals surface area contributed by atoms with Crippen LogP contribution in [0.1, 0.15) is 17.2 Å². The van der Waals surface area contributed by atoms with Crippen LogP contribution in [-0.4, -0.2) is 47.2 Å². The second-order valence-corrected chi connectivity index (χ2v) is 7.17. The van der Waals surface area contributed by atoms with E-state index in [0.717, 1.165) is 10.0 Å². The summed E-state index contributed by atoms with van der Waals surface area (Å²) >= 11 is 9.77. The molecule has 2 aromatic rings. The van der Waals surface area contributed by atoms with Gasteiger partial charge in [0.05, 0.1) is 6.04 Å². The van der Waals surface area contributed by atoms with Crippen LogP contribution in [0, 0.1) is 0 Å². The maximum atomic E-state index is 11.1. The smallest absolute Gasteiger partial charge is 0.407 e. The van der Waals surface area contributed by atoms with Crippen molar-refractivity contribution in [3.63, 3.8) is 0 Å². The standard InChI is InChI=1S/C18H18BrClN2O2/c19-15-10-14(11-16(20)12-15)17(13-4-2-1-3-5-13)21-6-8-22(9-7-21)18(23)24/h1-5,10-12,17H,6-9H2,(H,23,24). The normalized spacial score (nSPS) is 16.8. The first-order valence-electron chi connectivity index (χ1n) is 7.77. The number of halogens is 2. The topological polar surface area (TPSA) is 43.8 Å². The molecule has 1 heterocycles. The molecule has 0 bridgehead atoms. The van der Waals surface area contributed by atoms with Crippen molar-refractivity contribution in [1.29, 1.82) is 0 Å². The predicted octanol–water partition coefficient (Wildman–Crippen LogP) is 4.49. The molecule has 3 rings (SSSR count). The maximum absolute atomic E-state index is 11.1. The van der Waals surface area contributed by atoms with E-state index >= 15 is 0 Å². The largest absolute Gasteiger partial charge is 0.465 e. The first kappa shape index (κ1) is 17.3. The van der Waals surface area contributed by atoms with Crippen molar-refractivity contribution in [3.05, 3.63) is 69.2 Å². The quantitative estimate of drug-likeness (QED) is 0.812. The van der Waals surface area contributed by atoms with Crippen LogP contribution < -0.4 is 0 Å². The molecule has 0 spiro atoms. The Labute approximate surface area is 154 Å². The number of hydrogen-bond donors (Lipinski definition) is 1. The number of nitrogens with zero attached hydrogens (tertiary/aromatic N) is 2. The molecule has 6 heteroatoms. The van der Waals surface area contributed by atoms with E-state index in [1.807, 2.05) is 30.3 Å². The van der Waals surface area contributed by atoms with Crippen LogP contribution in [0.3, 0.4) is 0 Å². The molecular weight excluding hydrogens is 392 g/mol. The number of amides is 1. The Morgan fingerprint density at radius 2 is 1.71 bits per heavy atom. The molecule has 1 saturated heterocycles. The van der Waals surface area contributed by atoms with Gasteiger partial charge in [0.1, 0.15) is 0 Å². The van der Waals surface area contributed by atoms with Gasteiger partial charge in [-0.05, 0) is 29.3 Å². The van der Waals surface area contributed by atoms with Crippen LogP contribution >= 0.6 is 27.5 Å². The van der Waals surface area contributed by atoms with Gasteiger partial charge in [0.2, 0.25) is 0 Å². The van der Waals surface area contributed by atoms with Crippen LogP contribution in [0.2, 0.25) is 5.02 Å². The van der Waals surface area contributed by atoms with Gasteiger partial charge >= 0.3 is 6.09 Å². The molecule has 0 saturated carbocycles. The molecule has 1 aliphatic heterocycles. The van der Waals surface area contributed by atoms with Gasteiger partial charge < -0.3 is 10.0 Å². The lowest BCUT2D eigenvalue weighted by Gasteiger charge is -2.38. The summed E-state index contributed by atoms with van der Waals surface area (Å²) in [5.41, 5.74) is 2.28. The van der Waals surface area contributed by atoms with E-state index in [9.17, 15) is 4.79 Å². The van der Waals surface area contributed by atoms with E-state index in [2.05, 4.69) is 39.0 Å². The van der Waals surface area contributed by atoms with Gasteiger partial charge in [-0.25, -0.2) is 4.79 Å². The Kier molecular flexibility index (Phi) is 5.43. The van der Waals surface area contributed by atoms with Gasteiger partial charge in [-0.1, -0.05) is 57.9 Å². The summed E-state index contributed by atoms with van der Waals surface area (Å²) in [6.07, 6.45) is -0.851. The number of piperazine rings is 1. The molecule has 1 atom stereocenters. The average Bonchev–Trinajstić information content (AvgIpc) is 2.56. The third kappa shape index (κ3) is 3.91. The highest BCUT2D eigenvalue weighted by molar-refractivity contribution is 9.10. The molecule has 24 heavy (non-hydrogen) atoms. The van der Waals surface area contributed by atoms with Gasteiger partial charge in [-0.3, -0.25) is 4.90 Å². The highest BCUT2D eigenvalue weighted by atomic mass is 79.9. The van der Waals surface area contributed by atoms with Crippen molar-refractivity contribution in [2.24, 2.45) is 0 Å². The van der Waals surface area contributed by atoms with Crippen molar-refractivity contribution < 1.29 is 9.90 Å². The van der Waals surface area contributed by atoms with Crippen LogP contribution in [-0.2, 0) is 0 Å². The SMILES string of the molecule is O=C(O)N1CCN(C(c2ccccc2)c2cc(Cl)cc(Br)c2)CC1. The number of rotatable bonds is 3. The number of carboxylic acid groups (broad SMARTS) is 1. The number of carbonyl (C=O) groups is 1. The predicted molar refractivity (Wildman–Crippen MR) is 98.6 cm³/mol. The van der Waals surface area contributed by atoms with Gasteiger partial charge in [-0.2, -0.15) is 0 Å². The maximum Gasteiger partial charge on any atom is 0.407 e. The van der Waals surface area contributed by atoms with E-state index < -0.39 is 6.09 Å². The molecule has 1 amide bonds. The molecule has 1 N–H and O–H groups in total. The fourth-order valence-corrected chi connectivity index (χ4v) is 4.04. The summed E-state index contributed by atoms with van der Waals surface area (Å²) < 4.78 is 0.940. The minimum absolute atomic E-state index is 0.0529. The third-order valence-corrected chi connectivity index (χ3v) is 4.94. The number of benzene rings is 2. The minimum Gasteiger partial charge on any atom is -0.465 e. The second kappa shape index (κ2) is 7.55. The zero-order chi connectivity index (χ0) is 17.1. The summed E-state index contributed by atoms with van der Waals surface area (Å²) in [5, 5.41) is 9.84. The monoisotopic (exact) mass is 408 g/mol. The molecule has 0 radical (unpaired) electrons. The van der Waals surface area contributed by atoms with Crippen molar-refractivity contribution in [2.75, 3.05) is 26.2 Å². The Hall–Kier alpha value is -1.56. The Balaban J connectivity index is 1.93. The van der Waals surface area contributed by atoms with Crippen LogP contribution in [0.25, 0.3) is 0 Å². The third-order valence-electron chi connectivity index (χ3n) is 4.27. The lowest BCUT2D eigenvalue weighted by Crippen LogP contribution is -2.49. The van der Waals surface area contributed by atoms with E-state index in [-0.39, 0.29) is 6.04 Å². The van der Waals surface area contributed by atoms with Crippen LogP contribution in [0.15, 0.2) is 53.0 Å². The van der Waals surface area contributed by atoms with Gasteiger partial charge in [0.15, 0.2) is 0 Å². The highest BCUT2D eigenvalue weighted by Gasteiger charge is 2.28. The van der Waals surface area contributed by atoms with Gasteiger partial charge in [0, 0.05) is 35.7 Å². The highest BCUT2D eigenvalue weighted by Crippen LogP contribution is 2.33. The lowest BCUT2D eigenvalue weighted by molar-refractivity contribution is 0.0932. The minimum atomic E-state index is -0.851. The molecule has 0 aromatic heterocycles. The van der Waals surface area contributed by atoms with Crippen molar-refractivity contribution in [1.82, 2.24) is 9.80 Å². The Bertz CT molecular complexity index is 698. The summed E-state index contributed by atoms with van der Waals surface area (Å²) in [4.78, 5) is 14.9. The van der Waals surface area contributed by atoms with Crippen LogP contribution in [0.4, 0.5) is 4.79 Å². The van der Waals surface area contributed by atoms with Gasteiger partial charge in [-0.15, -0.1) is 0 Å². The van der Waals surface area contributed by atoms with Gasteiger partial charge in [0.25, 0.3) is 0 Å². The molecular formula is C18H18BrClN2O2. The molecule has 1 aliphatic rings. The van der Waals surface area contributed by atoms with Crippen molar-refractivity contribution in [3.8, 4) is 0 Å². The molecule has 0 aliphatic carbocycles. The summed E-state index contributed by atoms with van der Waals surface area (Å²) in [6, 6.07) is 16.2. The molecule has 1 fully saturated rings. The Morgan fingerprint density at radius 1 is 1.04 bits per heavy atom. The van der Waals surface area contributed by atoms with Crippen molar-refractivity contribution in [2.45, 2.75) is 6.04 Å². The fraction of sp³-hybridized carbons (Fsp3) is 0.278. The van der Waals surface area contributed by atoms with Crippen molar-refractivity contribution >= 4 is 33.6 Å². The zero-order valence-electron chi connectivity index (χ0n) is 13.0. The molecule has 1 unspecified atom stereocenters. The van der Waals surface area contributed by atoms with E-state index in [1.54, 1.807) is 0 Å². The lowest BCUT2D eigenvalue weighted by atomic mass is 9.96. The zero-order valence-corrected chi connectivity index (χ0v) is 15.4. The summed E-state index contributed by atoms with van der Waals surface area (Å²) in [6.45, 7) is 2.41. The number of hydrogen-bond acceptors (Lipinski definition) is 2. The van der Waals surface area contributed by atoms with Crippen LogP contribution in [0.5, 0.6) is 0 Å². The second-order valence-electron chi connectivity index (χ2n) is 5.82. The van der Waals surface area contributed by atoms with E-state index in [4.69, 9.17) is 16.7 Å². The molecule has 126 valence electrons. The summed E-state index contributed by atoms with van der Waals surface area (Å²) in [5.74, 6) is 0. The summed E-state index contributed by atoms with van der Waals surface area (Å²) in [7, 11) is 0. The first-order valence-corrected chi connectivity index (χ1v) is 8.94. The van der Waals surface area contributed by atoms with E-state index in [0.29, 0.717) is 31.2 Å². The first-order chi connectivity index (χ1) is 11.5. The molecule has 4 nitrogen and oxygen atoms in total. The average molecular weight is 410 g/mol. The Morgan fingerprint density at radius 3 is 2.29 bits per heavy atom. The fourth-order valence-electron chi connectivity index (χ4n) is 3.15. The van der Waals surface area contributed by atoms with E-state index in [1.165, 1.54) is 10.5 Å². The molecule has 2 aromatic carbocycles.